The Morgan fingerprint density at radius 1 is 1.12 bits per heavy atom. The summed E-state index contributed by atoms with van der Waals surface area (Å²) in [6.45, 7) is 7.95. The number of carbonyl (C=O) groups is 1. The van der Waals surface area contributed by atoms with Crippen LogP contribution in [-0.2, 0) is 21.5 Å². The first-order valence-corrected chi connectivity index (χ1v) is 12.3. The number of nitrogens with zero attached hydrogens (tertiary/aromatic N) is 3. The summed E-state index contributed by atoms with van der Waals surface area (Å²) in [6, 6.07) is 16.0. The van der Waals surface area contributed by atoms with Crippen LogP contribution in [-0.4, -0.2) is 40.1 Å². The molecule has 8 heteroatoms. The Morgan fingerprint density at radius 3 is 2.50 bits per heavy atom. The van der Waals surface area contributed by atoms with Gasteiger partial charge in [-0.2, -0.15) is 0 Å². The highest BCUT2D eigenvalue weighted by atomic mass is 79.9. The van der Waals surface area contributed by atoms with E-state index in [2.05, 4.69) is 81.0 Å². The summed E-state index contributed by atoms with van der Waals surface area (Å²) in [6.07, 6.45) is 0.832. The maximum Gasteiger partial charge on any atom is 0.234 e. The molecule has 0 aliphatic heterocycles. The highest BCUT2D eigenvalue weighted by molar-refractivity contribution is 9.10. The zero-order valence-electron chi connectivity index (χ0n) is 18.9. The second-order valence-corrected chi connectivity index (χ2v) is 10.2. The van der Waals surface area contributed by atoms with Crippen LogP contribution in [0.15, 0.2) is 58.2 Å². The molecule has 1 aromatic heterocycles. The van der Waals surface area contributed by atoms with Crippen molar-refractivity contribution in [2.24, 2.45) is 0 Å². The molecule has 0 aliphatic carbocycles. The van der Waals surface area contributed by atoms with Gasteiger partial charge in [-0.1, -0.05) is 68.9 Å². The first-order valence-electron chi connectivity index (χ1n) is 10.5. The van der Waals surface area contributed by atoms with Gasteiger partial charge in [0, 0.05) is 30.3 Å². The number of hydrogen-bond acceptors (Lipinski definition) is 5. The molecular formula is C24H29BrN4O2S. The van der Waals surface area contributed by atoms with Crippen molar-refractivity contribution in [1.82, 2.24) is 14.8 Å². The van der Waals surface area contributed by atoms with Gasteiger partial charge >= 0.3 is 0 Å². The average molecular weight is 517 g/mol. The fourth-order valence-corrected chi connectivity index (χ4v) is 4.32. The Morgan fingerprint density at radius 2 is 1.84 bits per heavy atom. The van der Waals surface area contributed by atoms with Crippen molar-refractivity contribution in [1.29, 1.82) is 0 Å². The van der Waals surface area contributed by atoms with Crippen LogP contribution in [0.3, 0.4) is 0 Å². The number of aromatic nitrogens is 3. The number of hydrogen-bond donors (Lipinski definition) is 1. The van der Waals surface area contributed by atoms with Gasteiger partial charge in [-0.3, -0.25) is 4.79 Å². The Balaban J connectivity index is 1.76. The maximum absolute atomic E-state index is 12.5. The number of anilines is 1. The molecule has 3 rings (SSSR count). The van der Waals surface area contributed by atoms with E-state index < -0.39 is 0 Å². The highest BCUT2D eigenvalue weighted by Crippen LogP contribution is 2.28. The van der Waals surface area contributed by atoms with E-state index in [1.807, 2.05) is 24.3 Å². The van der Waals surface area contributed by atoms with Crippen LogP contribution in [0.2, 0.25) is 0 Å². The number of amides is 1. The zero-order chi connectivity index (χ0) is 23.1. The van der Waals surface area contributed by atoms with Gasteiger partial charge < -0.3 is 14.6 Å². The van der Waals surface area contributed by atoms with Crippen LogP contribution >= 0.6 is 27.7 Å². The second kappa shape index (κ2) is 11.1. The van der Waals surface area contributed by atoms with E-state index >= 15 is 0 Å². The number of para-hydroxylation sites is 1. The highest BCUT2D eigenvalue weighted by Gasteiger charge is 2.18. The minimum absolute atomic E-state index is 0.0901. The minimum Gasteiger partial charge on any atom is -0.385 e. The number of nitrogens with one attached hydrogen (secondary N) is 1. The van der Waals surface area contributed by atoms with Gasteiger partial charge in [-0.25, -0.2) is 0 Å². The maximum atomic E-state index is 12.5. The lowest BCUT2D eigenvalue weighted by Crippen LogP contribution is -2.15. The van der Waals surface area contributed by atoms with Gasteiger partial charge in [0.25, 0.3) is 0 Å². The molecule has 1 heterocycles. The van der Waals surface area contributed by atoms with Crippen LogP contribution < -0.4 is 5.32 Å². The lowest BCUT2D eigenvalue weighted by molar-refractivity contribution is -0.113. The van der Waals surface area contributed by atoms with E-state index in [9.17, 15) is 4.79 Å². The number of methoxy groups -OCH3 is 1. The SMILES string of the molecule is COCCCn1c(SCC(=O)Nc2ccccc2Br)nnc1-c1ccc(C(C)(C)C)cc1. The fraction of sp³-hybridized carbons (Fsp3) is 0.375. The summed E-state index contributed by atoms with van der Waals surface area (Å²) in [5.74, 6) is 0.951. The van der Waals surface area contributed by atoms with Gasteiger partial charge in [0.2, 0.25) is 5.91 Å². The van der Waals surface area contributed by atoms with Crippen molar-refractivity contribution >= 4 is 39.3 Å². The number of benzene rings is 2. The molecular weight excluding hydrogens is 488 g/mol. The molecule has 0 aliphatic rings. The van der Waals surface area contributed by atoms with Crippen molar-refractivity contribution in [3.8, 4) is 11.4 Å². The summed E-state index contributed by atoms with van der Waals surface area (Å²) < 4.78 is 8.15. The summed E-state index contributed by atoms with van der Waals surface area (Å²) >= 11 is 4.84. The van der Waals surface area contributed by atoms with Crippen LogP contribution in [0.5, 0.6) is 0 Å². The van der Waals surface area contributed by atoms with Crippen LogP contribution in [0.4, 0.5) is 5.69 Å². The third-order valence-corrected chi connectivity index (χ3v) is 6.59. The molecule has 0 bridgehead atoms. The average Bonchev–Trinajstić information content (AvgIpc) is 3.16. The molecule has 2 aromatic carbocycles. The van der Waals surface area contributed by atoms with Gasteiger partial charge in [0.05, 0.1) is 11.4 Å². The predicted molar refractivity (Wildman–Crippen MR) is 134 cm³/mol. The standard InChI is InChI=1S/C24H29BrN4O2S/c1-24(2,3)18-12-10-17(11-13-18)22-27-28-23(29(22)14-7-15-31-4)32-16-21(30)26-20-9-6-5-8-19(20)25/h5-6,8-13H,7,14-16H2,1-4H3,(H,26,30). The lowest BCUT2D eigenvalue weighted by Gasteiger charge is -2.19. The van der Waals surface area contributed by atoms with Crippen molar-refractivity contribution in [3.05, 3.63) is 58.6 Å². The first-order chi connectivity index (χ1) is 15.3. The van der Waals surface area contributed by atoms with Crippen LogP contribution in [0, 0.1) is 0 Å². The van der Waals surface area contributed by atoms with Gasteiger partial charge in [-0.15, -0.1) is 10.2 Å². The number of carbonyl (C=O) groups excluding carboxylic acids is 1. The molecule has 0 saturated heterocycles. The number of thioether (sulfide) groups is 1. The Kier molecular flexibility index (Phi) is 8.51. The molecule has 1 N–H and O–H groups in total. The smallest absolute Gasteiger partial charge is 0.234 e. The molecule has 1 amide bonds. The summed E-state index contributed by atoms with van der Waals surface area (Å²) in [7, 11) is 1.69. The van der Waals surface area contributed by atoms with Crippen LogP contribution in [0.1, 0.15) is 32.8 Å². The predicted octanol–water partition coefficient (Wildman–Crippen LogP) is 5.77. The Hall–Kier alpha value is -2.16. The van der Waals surface area contributed by atoms with Gasteiger partial charge in [-0.05, 0) is 45.5 Å². The van der Waals surface area contributed by atoms with E-state index in [0.29, 0.717) is 13.2 Å². The van der Waals surface area contributed by atoms with Crippen molar-refractivity contribution in [3.63, 3.8) is 0 Å². The zero-order valence-corrected chi connectivity index (χ0v) is 21.3. The molecule has 170 valence electrons. The quantitative estimate of drug-likeness (QED) is 0.288. The van der Waals surface area contributed by atoms with Gasteiger partial charge in [0.1, 0.15) is 0 Å². The molecule has 0 fully saturated rings. The molecule has 0 atom stereocenters. The lowest BCUT2D eigenvalue weighted by atomic mass is 9.87. The largest absolute Gasteiger partial charge is 0.385 e. The molecule has 0 spiro atoms. The second-order valence-electron chi connectivity index (χ2n) is 8.45. The van der Waals surface area contributed by atoms with E-state index in [1.54, 1.807) is 7.11 Å². The summed E-state index contributed by atoms with van der Waals surface area (Å²) in [4.78, 5) is 12.5. The Bertz CT molecular complexity index is 1040. The fourth-order valence-electron chi connectivity index (χ4n) is 3.18. The number of ether oxygens (including phenoxy) is 1. The van der Waals surface area contributed by atoms with Crippen molar-refractivity contribution in [2.45, 2.75) is 44.3 Å². The summed E-state index contributed by atoms with van der Waals surface area (Å²) in [5.41, 5.74) is 3.11. The van der Waals surface area contributed by atoms with Crippen molar-refractivity contribution < 1.29 is 9.53 Å². The molecule has 3 aromatic rings. The van der Waals surface area contributed by atoms with Crippen LogP contribution in [0.25, 0.3) is 11.4 Å². The van der Waals surface area contributed by atoms with Gasteiger partial charge in [0.15, 0.2) is 11.0 Å². The molecule has 0 unspecified atom stereocenters. The Labute approximate surface area is 202 Å². The minimum atomic E-state index is -0.0931. The third-order valence-electron chi connectivity index (χ3n) is 4.94. The van der Waals surface area contributed by atoms with Crippen molar-refractivity contribution in [2.75, 3.05) is 24.8 Å². The monoisotopic (exact) mass is 516 g/mol. The number of rotatable bonds is 9. The van der Waals surface area contributed by atoms with E-state index in [1.165, 1.54) is 17.3 Å². The van der Waals surface area contributed by atoms with E-state index in [0.717, 1.165) is 33.1 Å². The summed E-state index contributed by atoms with van der Waals surface area (Å²) in [5, 5.41) is 12.5. The van der Waals surface area contributed by atoms with E-state index in [-0.39, 0.29) is 17.1 Å². The normalized spacial score (nSPS) is 11.5. The third kappa shape index (κ3) is 6.43. The topological polar surface area (TPSA) is 69.0 Å². The molecule has 0 saturated carbocycles. The van der Waals surface area contributed by atoms with E-state index in [4.69, 9.17) is 4.74 Å². The molecule has 32 heavy (non-hydrogen) atoms. The molecule has 6 nitrogen and oxygen atoms in total. The first kappa shape index (κ1) is 24.5. The number of halogens is 1. The molecule has 0 radical (unpaired) electrons.